The quantitative estimate of drug-likeness (QED) is 0.519. The van der Waals surface area contributed by atoms with Crippen molar-refractivity contribution in [3.8, 4) is 11.4 Å². The molecule has 10 nitrogen and oxygen atoms in total. The van der Waals surface area contributed by atoms with E-state index in [2.05, 4.69) is 19.9 Å². The first-order valence-corrected chi connectivity index (χ1v) is 13.5. The number of nitrogens with one attached hydrogen (secondary N) is 2. The second-order valence-electron chi connectivity index (χ2n) is 7.96. The summed E-state index contributed by atoms with van der Waals surface area (Å²) in [5.41, 5.74) is 0.889. The molecule has 1 aromatic heterocycles. The Morgan fingerprint density at radius 1 is 0.939 bits per heavy atom. The van der Waals surface area contributed by atoms with Crippen molar-refractivity contribution in [2.75, 3.05) is 31.0 Å². The van der Waals surface area contributed by atoms with Crippen LogP contribution < -0.4 is 4.72 Å². The van der Waals surface area contributed by atoms with Crippen molar-refractivity contribution in [3.63, 3.8) is 0 Å². The molecular weight excluding hydrogens is 466 g/mol. The Hall–Kier alpha value is -2.80. The van der Waals surface area contributed by atoms with Crippen LogP contribution in [0.25, 0.3) is 11.4 Å². The molecule has 2 aliphatic rings. The molecule has 5 rings (SSSR count). The van der Waals surface area contributed by atoms with Gasteiger partial charge in [-0.2, -0.15) is 9.40 Å². The molecule has 1 aliphatic carbocycles. The third-order valence-corrected chi connectivity index (χ3v) is 8.92. The Labute approximate surface area is 192 Å². The van der Waals surface area contributed by atoms with Crippen LogP contribution in [-0.4, -0.2) is 62.6 Å². The van der Waals surface area contributed by atoms with Crippen LogP contribution in [0, 0.1) is 0 Å². The molecule has 174 valence electrons. The van der Waals surface area contributed by atoms with Crippen molar-refractivity contribution < 1.29 is 21.6 Å². The lowest BCUT2D eigenvalue weighted by Crippen LogP contribution is -2.40. The molecule has 0 spiro atoms. The normalized spacial score (nSPS) is 17.7. The Morgan fingerprint density at radius 2 is 1.61 bits per heavy atom. The van der Waals surface area contributed by atoms with Crippen molar-refractivity contribution in [3.05, 3.63) is 54.4 Å². The number of benzene rings is 2. The van der Waals surface area contributed by atoms with E-state index in [-0.39, 0.29) is 22.9 Å². The number of rotatable bonds is 7. The Balaban J connectivity index is 1.38. The Bertz CT molecular complexity index is 1360. The summed E-state index contributed by atoms with van der Waals surface area (Å²) in [4.78, 5) is 4.50. The zero-order valence-corrected chi connectivity index (χ0v) is 19.3. The number of nitrogens with zero attached hydrogens (tertiary/aromatic N) is 3. The van der Waals surface area contributed by atoms with Gasteiger partial charge >= 0.3 is 0 Å². The summed E-state index contributed by atoms with van der Waals surface area (Å²) in [7, 11) is -7.68. The fraction of sp³-hybridized carbons (Fsp3) is 0.333. The summed E-state index contributed by atoms with van der Waals surface area (Å²) in [5, 5.41) is 7.17. The highest BCUT2D eigenvalue weighted by molar-refractivity contribution is 7.92. The highest BCUT2D eigenvalue weighted by Crippen LogP contribution is 2.39. The topological polar surface area (TPSA) is 134 Å². The van der Waals surface area contributed by atoms with E-state index >= 15 is 0 Å². The lowest BCUT2D eigenvalue weighted by atomic mass is 10.2. The van der Waals surface area contributed by atoms with Gasteiger partial charge in [0.1, 0.15) is 5.82 Å². The van der Waals surface area contributed by atoms with Crippen LogP contribution in [-0.2, 0) is 24.8 Å². The van der Waals surface area contributed by atoms with E-state index in [0.717, 1.165) is 18.7 Å². The average Bonchev–Trinajstić information content (AvgIpc) is 3.57. The van der Waals surface area contributed by atoms with Crippen LogP contribution in [0.1, 0.15) is 24.6 Å². The smallest absolute Gasteiger partial charge is 0.261 e. The largest absolute Gasteiger partial charge is 0.379 e. The summed E-state index contributed by atoms with van der Waals surface area (Å²) in [6, 6.07) is 12.1. The van der Waals surface area contributed by atoms with Gasteiger partial charge in [0.2, 0.25) is 10.0 Å². The highest BCUT2D eigenvalue weighted by Gasteiger charge is 2.29. The number of aromatic amines is 1. The third kappa shape index (κ3) is 4.51. The first-order valence-electron chi connectivity index (χ1n) is 10.6. The number of hydrogen-bond donors (Lipinski definition) is 2. The monoisotopic (exact) mass is 489 g/mol. The van der Waals surface area contributed by atoms with Gasteiger partial charge in [0, 0.05) is 24.6 Å². The molecule has 2 fully saturated rings. The summed E-state index contributed by atoms with van der Waals surface area (Å²) in [5.74, 6) is 1.62. The predicted molar refractivity (Wildman–Crippen MR) is 121 cm³/mol. The molecule has 0 atom stereocenters. The van der Waals surface area contributed by atoms with E-state index in [9.17, 15) is 16.8 Å². The summed E-state index contributed by atoms with van der Waals surface area (Å²) >= 11 is 0. The van der Waals surface area contributed by atoms with Crippen LogP contribution in [0.2, 0.25) is 0 Å². The first-order chi connectivity index (χ1) is 15.8. The molecule has 0 bridgehead atoms. The van der Waals surface area contributed by atoms with Crippen molar-refractivity contribution in [2.24, 2.45) is 0 Å². The number of hydrogen-bond acceptors (Lipinski definition) is 7. The van der Waals surface area contributed by atoms with E-state index in [1.54, 1.807) is 24.3 Å². The van der Waals surface area contributed by atoms with Crippen molar-refractivity contribution >= 4 is 25.7 Å². The molecule has 1 aliphatic heterocycles. The van der Waals surface area contributed by atoms with Crippen LogP contribution in [0.3, 0.4) is 0 Å². The number of aromatic nitrogens is 3. The first kappa shape index (κ1) is 22.0. The maximum atomic E-state index is 13.0. The van der Waals surface area contributed by atoms with Gasteiger partial charge < -0.3 is 4.74 Å². The second kappa shape index (κ2) is 8.52. The van der Waals surface area contributed by atoms with Gasteiger partial charge in [-0.25, -0.2) is 21.8 Å². The van der Waals surface area contributed by atoms with Gasteiger partial charge in [-0.05, 0) is 49.2 Å². The van der Waals surface area contributed by atoms with Crippen molar-refractivity contribution in [1.29, 1.82) is 0 Å². The van der Waals surface area contributed by atoms with Crippen LogP contribution >= 0.6 is 0 Å². The van der Waals surface area contributed by atoms with Crippen LogP contribution in [0.4, 0.5) is 5.69 Å². The number of ether oxygens (including phenoxy) is 1. The molecule has 2 N–H and O–H groups in total. The molecule has 0 unspecified atom stereocenters. The molecule has 3 aromatic rings. The molecule has 1 saturated carbocycles. The molecule has 0 radical (unpaired) electrons. The number of anilines is 1. The SMILES string of the molecule is O=S(=O)(Nc1ccccc1-c1n[nH]c(C2CC2)n1)c1ccc(S(=O)(=O)N2CCOCC2)cc1. The van der Waals surface area contributed by atoms with Gasteiger partial charge in [-0.1, -0.05) is 12.1 Å². The van der Waals surface area contributed by atoms with Gasteiger partial charge in [-0.3, -0.25) is 9.82 Å². The van der Waals surface area contributed by atoms with Crippen LogP contribution in [0.15, 0.2) is 58.3 Å². The van der Waals surface area contributed by atoms with E-state index < -0.39 is 20.0 Å². The molecular formula is C21H23N5O5S2. The molecule has 12 heteroatoms. The van der Waals surface area contributed by atoms with Crippen molar-refractivity contribution in [1.82, 2.24) is 19.5 Å². The maximum Gasteiger partial charge on any atom is 0.261 e. The van der Waals surface area contributed by atoms with E-state index in [1.807, 2.05) is 0 Å². The van der Waals surface area contributed by atoms with Crippen molar-refractivity contribution in [2.45, 2.75) is 28.6 Å². The lowest BCUT2D eigenvalue weighted by molar-refractivity contribution is 0.0730. The standard InChI is InChI=1S/C21H23N5O5S2/c27-32(28,16-7-9-17(10-8-16)33(29,30)26-11-13-31-14-12-26)25-19-4-2-1-3-18(19)21-22-20(23-24-21)15-5-6-15/h1-4,7-10,15,25H,5-6,11-14H2,(H,22,23,24). The predicted octanol–water partition coefficient (Wildman–Crippen LogP) is 2.17. The van der Waals surface area contributed by atoms with E-state index in [0.29, 0.717) is 36.2 Å². The highest BCUT2D eigenvalue weighted by atomic mass is 32.2. The third-order valence-electron chi connectivity index (χ3n) is 5.62. The second-order valence-corrected chi connectivity index (χ2v) is 11.6. The summed E-state index contributed by atoms with van der Waals surface area (Å²) in [6.45, 7) is 1.21. The van der Waals surface area contributed by atoms with E-state index in [4.69, 9.17) is 4.74 Å². The minimum absolute atomic E-state index is 0.0390. The average molecular weight is 490 g/mol. The Kier molecular flexibility index (Phi) is 5.69. The molecule has 0 amide bonds. The van der Waals surface area contributed by atoms with Crippen LogP contribution in [0.5, 0.6) is 0 Å². The zero-order chi connectivity index (χ0) is 23.1. The Morgan fingerprint density at radius 3 is 2.30 bits per heavy atom. The molecule has 1 saturated heterocycles. The van der Waals surface area contributed by atoms with E-state index in [1.165, 1.54) is 28.6 Å². The number of H-pyrrole nitrogens is 1. The number of sulfonamides is 2. The van der Waals surface area contributed by atoms with Gasteiger partial charge in [0.05, 0.1) is 28.7 Å². The fourth-order valence-corrected chi connectivity index (χ4v) is 6.12. The van der Waals surface area contributed by atoms with Gasteiger partial charge in [0.25, 0.3) is 10.0 Å². The summed E-state index contributed by atoms with van der Waals surface area (Å²) < 4.78 is 60.8. The summed E-state index contributed by atoms with van der Waals surface area (Å²) in [6.07, 6.45) is 2.14. The minimum Gasteiger partial charge on any atom is -0.379 e. The van der Waals surface area contributed by atoms with Gasteiger partial charge in [-0.15, -0.1) is 0 Å². The minimum atomic E-state index is -3.97. The number of morpholine rings is 1. The maximum absolute atomic E-state index is 13.0. The number of para-hydroxylation sites is 1. The van der Waals surface area contributed by atoms with Gasteiger partial charge in [0.15, 0.2) is 5.82 Å². The molecule has 2 aromatic carbocycles. The molecule has 33 heavy (non-hydrogen) atoms. The molecule has 2 heterocycles. The zero-order valence-electron chi connectivity index (χ0n) is 17.6. The lowest BCUT2D eigenvalue weighted by Gasteiger charge is -2.26. The fourth-order valence-electron chi connectivity index (χ4n) is 3.63.